The van der Waals surface area contributed by atoms with Crippen molar-refractivity contribution < 1.29 is 9.15 Å². The molecule has 182 valence electrons. The lowest BCUT2D eigenvalue weighted by Gasteiger charge is -2.33. The number of nitrogens with zero attached hydrogens (tertiary/aromatic N) is 2. The van der Waals surface area contributed by atoms with Gasteiger partial charge in [0.05, 0.1) is 23.8 Å². The van der Waals surface area contributed by atoms with Crippen molar-refractivity contribution in [3.8, 4) is 28.7 Å². The highest BCUT2D eigenvalue weighted by Gasteiger charge is 2.23. The minimum Gasteiger partial charge on any atom is -0.481 e. The van der Waals surface area contributed by atoms with Crippen LogP contribution in [0.2, 0.25) is 5.02 Å². The summed E-state index contributed by atoms with van der Waals surface area (Å²) in [6, 6.07) is 19.1. The quantitative estimate of drug-likeness (QED) is 0.234. The van der Waals surface area contributed by atoms with Crippen LogP contribution in [0, 0.1) is 18.8 Å². The first-order chi connectivity index (χ1) is 17.6. The minimum atomic E-state index is -0.372. The molecule has 1 fully saturated rings. The van der Waals surface area contributed by atoms with Crippen LogP contribution in [-0.4, -0.2) is 29.6 Å². The summed E-state index contributed by atoms with van der Waals surface area (Å²) < 4.78 is 11.5. The molecule has 0 radical (unpaired) electrons. The lowest BCUT2D eigenvalue weighted by Crippen LogP contribution is -2.34. The maximum absolute atomic E-state index is 12.7. The largest absolute Gasteiger partial charge is 0.481 e. The third-order valence-corrected chi connectivity index (χ3v) is 6.88. The molecule has 3 heterocycles. The molecular weight excluding hydrogens is 472 g/mol. The van der Waals surface area contributed by atoms with E-state index in [1.807, 2.05) is 43.5 Å². The van der Waals surface area contributed by atoms with Crippen LogP contribution in [0.4, 0.5) is 0 Å². The summed E-state index contributed by atoms with van der Waals surface area (Å²) in [5, 5.41) is 1.45. The van der Waals surface area contributed by atoms with Crippen molar-refractivity contribution in [3.05, 3.63) is 93.6 Å². The maximum atomic E-state index is 12.7. The number of hydrogen-bond acceptors (Lipinski definition) is 5. The zero-order valence-corrected chi connectivity index (χ0v) is 20.9. The van der Waals surface area contributed by atoms with E-state index in [0.717, 1.165) is 35.2 Å². The second-order valence-electron chi connectivity index (χ2n) is 8.93. The number of rotatable bonds is 5. The molecule has 4 aromatic rings. The van der Waals surface area contributed by atoms with Crippen molar-refractivity contribution in [3.63, 3.8) is 0 Å². The van der Waals surface area contributed by atoms with Gasteiger partial charge in [0.15, 0.2) is 0 Å². The zero-order chi connectivity index (χ0) is 24.9. The van der Waals surface area contributed by atoms with Crippen LogP contribution in [0.15, 0.2) is 76.1 Å². The smallest absolute Gasteiger partial charge is 0.344 e. The number of pyridine rings is 1. The molecule has 0 amide bonds. The summed E-state index contributed by atoms with van der Waals surface area (Å²) >= 11 is 6.01. The molecule has 0 N–H and O–H groups in total. The average Bonchev–Trinajstić information content (AvgIpc) is 2.90. The Balaban J connectivity index is 1.28. The standard InChI is InChI=1S/C30H27ClN2O3/c1-21-25-20-24(14-15-28(25)36-30(34)29(21)22-10-12-23(31)13-11-22)35-19-7-6-18-33-17-5-3-9-27(33)26-8-2-4-16-32-26/h2,4,8,10-16,20,27H,3,5,9,17-19H2,1H3. The summed E-state index contributed by atoms with van der Waals surface area (Å²) in [5.74, 6) is 7.10. The van der Waals surface area contributed by atoms with E-state index in [1.54, 1.807) is 24.3 Å². The Kier molecular flexibility index (Phi) is 7.36. The molecule has 5 nitrogen and oxygen atoms in total. The fourth-order valence-electron chi connectivity index (χ4n) is 4.79. The van der Waals surface area contributed by atoms with Gasteiger partial charge in [0, 0.05) is 16.6 Å². The number of benzene rings is 2. The Labute approximate surface area is 215 Å². The maximum Gasteiger partial charge on any atom is 0.344 e. The van der Waals surface area contributed by atoms with Gasteiger partial charge in [0.1, 0.15) is 17.9 Å². The zero-order valence-electron chi connectivity index (χ0n) is 20.2. The van der Waals surface area contributed by atoms with E-state index in [4.69, 9.17) is 20.8 Å². The molecule has 1 aliphatic heterocycles. The van der Waals surface area contributed by atoms with Crippen molar-refractivity contribution >= 4 is 22.6 Å². The van der Waals surface area contributed by atoms with Crippen molar-refractivity contribution in [2.75, 3.05) is 19.7 Å². The molecular formula is C30H27ClN2O3. The first-order valence-corrected chi connectivity index (χ1v) is 12.5. The summed E-state index contributed by atoms with van der Waals surface area (Å²) in [6.07, 6.45) is 5.37. The van der Waals surface area contributed by atoms with E-state index in [2.05, 4.69) is 27.8 Å². The van der Waals surface area contributed by atoms with Gasteiger partial charge in [-0.05, 0) is 79.9 Å². The molecule has 0 aliphatic carbocycles. The number of fused-ring (bicyclic) bond motifs is 1. The van der Waals surface area contributed by atoms with Gasteiger partial charge in [0.2, 0.25) is 0 Å². The Hall–Kier alpha value is -3.59. The Bertz CT molecular complexity index is 1470. The highest BCUT2D eigenvalue weighted by atomic mass is 35.5. The fraction of sp³-hybridized carbons (Fsp3) is 0.267. The van der Waals surface area contributed by atoms with Crippen LogP contribution < -0.4 is 10.4 Å². The number of halogens is 1. The Morgan fingerprint density at radius 1 is 1.11 bits per heavy atom. The predicted octanol–water partition coefficient (Wildman–Crippen LogP) is 6.43. The number of piperidine rings is 1. The predicted molar refractivity (Wildman–Crippen MR) is 143 cm³/mol. The molecule has 36 heavy (non-hydrogen) atoms. The van der Waals surface area contributed by atoms with E-state index in [9.17, 15) is 4.79 Å². The number of aromatic nitrogens is 1. The van der Waals surface area contributed by atoms with Gasteiger partial charge in [-0.1, -0.05) is 48.1 Å². The van der Waals surface area contributed by atoms with Crippen molar-refractivity contribution in [2.45, 2.75) is 32.2 Å². The molecule has 0 bridgehead atoms. The molecule has 1 saturated heterocycles. The number of hydrogen-bond donors (Lipinski definition) is 0. The molecule has 2 aromatic heterocycles. The van der Waals surface area contributed by atoms with Crippen LogP contribution in [0.5, 0.6) is 5.75 Å². The highest BCUT2D eigenvalue weighted by Crippen LogP contribution is 2.30. The topological polar surface area (TPSA) is 55.6 Å². The number of ether oxygens (including phenoxy) is 1. The van der Waals surface area contributed by atoms with E-state index in [1.165, 1.54) is 12.8 Å². The van der Waals surface area contributed by atoms with Crippen LogP contribution >= 0.6 is 11.6 Å². The third kappa shape index (κ3) is 5.31. The van der Waals surface area contributed by atoms with Crippen LogP contribution in [0.3, 0.4) is 0 Å². The van der Waals surface area contributed by atoms with Gasteiger partial charge < -0.3 is 9.15 Å². The first kappa shape index (κ1) is 24.1. The van der Waals surface area contributed by atoms with E-state index >= 15 is 0 Å². The summed E-state index contributed by atoms with van der Waals surface area (Å²) in [5.41, 5.74) is 3.41. The Morgan fingerprint density at radius 2 is 1.97 bits per heavy atom. The monoisotopic (exact) mass is 498 g/mol. The molecule has 5 rings (SSSR count). The third-order valence-electron chi connectivity index (χ3n) is 6.63. The molecule has 0 saturated carbocycles. The van der Waals surface area contributed by atoms with Crippen LogP contribution in [0.1, 0.15) is 36.6 Å². The van der Waals surface area contributed by atoms with Gasteiger partial charge in [-0.2, -0.15) is 0 Å². The van der Waals surface area contributed by atoms with Crippen molar-refractivity contribution in [1.29, 1.82) is 0 Å². The van der Waals surface area contributed by atoms with Gasteiger partial charge in [-0.3, -0.25) is 9.88 Å². The Morgan fingerprint density at radius 3 is 2.78 bits per heavy atom. The second kappa shape index (κ2) is 11.0. The van der Waals surface area contributed by atoms with Gasteiger partial charge in [-0.15, -0.1) is 0 Å². The van der Waals surface area contributed by atoms with Crippen molar-refractivity contribution in [1.82, 2.24) is 9.88 Å². The SMILES string of the molecule is Cc1c(-c2ccc(Cl)cc2)c(=O)oc2ccc(OCC#CCN3CCCCC3c3ccccn3)cc12. The summed E-state index contributed by atoms with van der Waals surface area (Å²) in [4.78, 5) is 19.6. The van der Waals surface area contributed by atoms with E-state index in [0.29, 0.717) is 34.5 Å². The fourth-order valence-corrected chi connectivity index (χ4v) is 4.91. The second-order valence-corrected chi connectivity index (χ2v) is 9.37. The van der Waals surface area contributed by atoms with Crippen molar-refractivity contribution in [2.24, 2.45) is 0 Å². The molecule has 1 unspecified atom stereocenters. The lowest BCUT2D eigenvalue weighted by atomic mass is 9.99. The van der Waals surface area contributed by atoms with Gasteiger partial charge in [0.25, 0.3) is 0 Å². The minimum absolute atomic E-state index is 0.285. The molecule has 1 aliphatic rings. The average molecular weight is 499 g/mol. The highest BCUT2D eigenvalue weighted by molar-refractivity contribution is 6.30. The lowest BCUT2D eigenvalue weighted by molar-refractivity contribution is 0.165. The first-order valence-electron chi connectivity index (χ1n) is 12.2. The van der Waals surface area contributed by atoms with Crippen LogP contribution in [-0.2, 0) is 0 Å². The summed E-state index contributed by atoms with van der Waals surface area (Å²) in [6.45, 7) is 3.93. The van der Waals surface area contributed by atoms with E-state index in [-0.39, 0.29) is 12.2 Å². The van der Waals surface area contributed by atoms with Gasteiger partial charge >= 0.3 is 5.63 Å². The summed E-state index contributed by atoms with van der Waals surface area (Å²) in [7, 11) is 0. The molecule has 1 atom stereocenters. The number of likely N-dealkylation sites (tertiary alicyclic amines) is 1. The van der Waals surface area contributed by atoms with E-state index < -0.39 is 0 Å². The molecule has 2 aromatic carbocycles. The number of aryl methyl sites for hydroxylation is 1. The molecule has 0 spiro atoms. The normalized spacial score (nSPS) is 15.9. The molecule has 6 heteroatoms. The van der Waals surface area contributed by atoms with Crippen LogP contribution in [0.25, 0.3) is 22.1 Å². The van der Waals surface area contributed by atoms with Gasteiger partial charge in [-0.25, -0.2) is 4.79 Å².